The van der Waals surface area contributed by atoms with Gasteiger partial charge in [0.2, 0.25) is 11.8 Å². The number of thiophene rings is 1. The van der Waals surface area contributed by atoms with E-state index in [0.29, 0.717) is 15.9 Å². The van der Waals surface area contributed by atoms with E-state index in [2.05, 4.69) is 20.8 Å². The van der Waals surface area contributed by atoms with Gasteiger partial charge in [0.1, 0.15) is 5.25 Å². The molecule has 2 aromatic rings. The van der Waals surface area contributed by atoms with E-state index in [4.69, 9.17) is 11.6 Å². The van der Waals surface area contributed by atoms with Crippen LogP contribution in [0.4, 0.5) is 5.69 Å². The minimum Gasteiger partial charge on any atom is -0.325 e. The number of amides is 2. The van der Waals surface area contributed by atoms with Crippen LogP contribution in [0.2, 0.25) is 5.02 Å². The van der Waals surface area contributed by atoms with Crippen molar-refractivity contribution < 1.29 is 9.59 Å². The van der Waals surface area contributed by atoms with Gasteiger partial charge in [-0.1, -0.05) is 35.5 Å². The van der Waals surface area contributed by atoms with Gasteiger partial charge in [0.15, 0.2) is 5.17 Å². The first-order valence-corrected chi connectivity index (χ1v) is 9.84. The molecule has 1 aliphatic rings. The number of amidine groups is 1. The maximum absolute atomic E-state index is 12.5. The number of rotatable bonds is 4. The second-order valence-electron chi connectivity index (χ2n) is 5.43. The van der Waals surface area contributed by atoms with E-state index in [9.17, 15) is 9.59 Å². The van der Waals surface area contributed by atoms with Crippen LogP contribution < -0.4 is 10.6 Å². The first-order chi connectivity index (χ1) is 12.5. The number of carbonyl (C=O) groups excluding carboxylic acids is 2. The predicted octanol–water partition coefficient (Wildman–Crippen LogP) is 3.74. The molecule has 2 N–H and O–H groups in total. The maximum Gasteiger partial charge on any atom is 0.238 e. The molecule has 3 rings (SSSR count). The Morgan fingerprint density at radius 2 is 2.19 bits per heavy atom. The van der Waals surface area contributed by atoms with Crippen molar-refractivity contribution in [2.75, 3.05) is 5.32 Å². The van der Waals surface area contributed by atoms with Gasteiger partial charge in [-0.15, -0.1) is 16.4 Å². The molecule has 1 aromatic heterocycles. The van der Waals surface area contributed by atoms with Gasteiger partial charge in [-0.2, -0.15) is 5.10 Å². The first-order valence-electron chi connectivity index (χ1n) is 7.70. The number of hydrogen-bond acceptors (Lipinski definition) is 6. The molecular weight excluding hydrogens is 392 g/mol. The fraction of sp³-hybridized carbons (Fsp3) is 0.176. The lowest BCUT2D eigenvalue weighted by atomic mass is 10.2. The number of thioether (sulfide) groups is 1. The smallest absolute Gasteiger partial charge is 0.238 e. The maximum atomic E-state index is 12.5. The second kappa shape index (κ2) is 8.48. The summed E-state index contributed by atoms with van der Waals surface area (Å²) in [7, 11) is 0. The minimum atomic E-state index is -0.585. The zero-order valence-corrected chi connectivity index (χ0v) is 16.1. The first kappa shape index (κ1) is 18.6. The highest BCUT2D eigenvalue weighted by Crippen LogP contribution is 2.23. The Bertz CT molecular complexity index is 881. The van der Waals surface area contributed by atoms with Gasteiger partial charge < -0.3 is 10.6 Å². The molecule has 1 atom stereocenters. The van der Waals surface area contributed by atoms with Crippen molar-refractivity contribution in [3.05, 3.63) is 51.7 Å². The van der Waals surface area contributed by atoms with Crippen LogP contribution in [0.5, 0.6) is 0 Å². The lowest BCUT2D eigenvalue weighted by Crippen LogP contribution is -2.41. The van der Waals surface area contributed by atoms with Crippen molar-refractivity contribution in [1.82, 2.24) is 5.32 Å². The molecule has 1 aromatic carbocycles. The summed E-state index contributed by atoms with van der Waals surface area (Å²) in [5.74, 6) is -0.545. The van der Waals surface area contributed by atoms with Crippen LogP contribution in [0.3, 0.4) is 0 Å². The summed E-state index contributed by atoms with van der Waals surface area (Å²) in [6, 6.07) is 10.7. The highest BCUT2D eigenvalue weighted by molar-refractivity contribution is 8.15. The van der Waals surface area contributed by atoms with Gasteiger partial charge in [-0.3, -0.25) is 9.59 Å². The monoisotopic (exact) mass is 406 g/mol. The van der Waals surface area contributed by atoms with Gasteiger partial charge in [0.25, 0.3) is 0 Å². The van der Waals surface area contributed by atoms with E-state index in [0.717, 1.165) is 10.6 Å². The molecule has 0 bridgehead atoms. The van der Waals surface area contributed by atoms with Crippen molar-refractivity contribution in [1.29, 1.82) is 0 Å². The number of anilines is 1. The third kappa shape index (κ3) is 4.94. The molecular formula is C17H15ClN4O2S2. The van der Waals surface area contributed by atoms with E-state index >= 15 is 0 Å². The van der Waals surface area contributed by atoms with Crippen molar-refractivity contribution >= 4 is 63.1 Å². The molecule has 1 saturated heterocycles. The molecule has 2 heterocycles. The number of nitrogens with zero attached hydrogens (tertiary/aromatic N) is 2. The molecule has 134 valence electrons. The Balaban J connectivity index is 1.69. The molecule has 6 nitrogen and oxygen atoms in total. The molecule has 0 radical (unpaired) electrons. The summed E-state index contributed by atoms with van der Waals surface area (Å²) in [6.07, 6.45) is 0.0731. The molecule has 1 aliphatic heterocycles. The number of nitrogens with one attached hydrogen (secondary N) is 2. The summed E-state index contributed by atoms with van der Waals surface area (Å²) in [4.78, 5) is 25.4. The van der Waals surface area contributed by atoms with Crippen molar-refractivity contribution in [3.63, 3.8) is 0 Å². The summed E-state index contributed by atoms with van der Waals surface area (Å²) in [5.41, 5.74) is 1.33. The Hall–Kier alpha value is -2.16. The van der Waals surface area contributed by atoms with Gasteiger partial charge in [0.05, 0.1) is 10.6 Å². The Labute approximate surface area is 163 Å². The van der Waals surface area contributed by atoms with Gasteiger partial charge in [-0.25, -0.2) is 0 Å². The highest BCUT2D eigenvalue weighted by atomic mass is 35.5. The Morgan fingerprint density at radius 1 is 1.35 bits per heavy atom. The van der Waals surface area contributed by atoms with Crippen LogP contribution >= 0.6 is 34.7 Å². The summed E-state index contributed by atoms with van der Waals surface area (Å²) < 4.78 is 0. The summed E-state index contributed by atoms with van der Waals surface area (Å²) in [6.45, 7) is 1.84. The molecule has 0 aliphatic carbocycles. The van der Waals surface area contributed by atoms with Gasteiger partial charge in [-0.05, 0) is 36.6 Å². The molecule has 1 fully saturated rings. The highest BCUT2D eigenvalue weighted by Gasteiger charge is 2.30. The molecule has 1 unspecified atom stereocenters. The predicted molar refractivity (Wildman–Crippen MR) is 108 cm³/mol. The Morgan fingerprint density at radius 3 is 2.92 bits per heavy atom. The van der Waals surface area contributed by atoms with Crippen molar-refractivity contribution in [3.8, 4) is 0 Å². The van der Waals surface area contributed by atoms with Crippen LogP contribution in [-0.4, -0.2) is 27.9 Å². The average Bonchev–Trinajstić information content (AvgIpc) is 3.14. The SMILES string of the molecule is C/C(=N\N=C1/NC(=O)CC(C(=O)Nc2cccc(Cl)c2)S1)c1cccs1. The standard InChI is InChI=1S/C17H15ClN4O2S2/c1-10(13-6-3-7-25-13)21-22-17-20-15(23)9-14(26-17)16(24)19-12-5-2-4-11(18)8-12/h2-8,14H,9H2,1H3,(H,19,24)(H,20,22,23)/b21-10+. The molecule has 9 heteroatoms. The van der Waals surface area contributed by atoms with Crippen LogP contribution in [0.15, 0.2) is 52.0 Å². The lowest BCUT2D eigenvalue weighted by molar-refractivity contribution is -0.123. The van der Waals surface area contributed by atoms with Crippen LogP contribution in [0.1, 0.15) is 18.2 Å². The Kier molecular flexibility index (Phi) is 6.08. The third-order valence-corrected chi connectivity index (χ3v) is 5.71. The molecule has 0 spiro atoms. The van der Waals surface area contributed by atoms with Crippen LogP contribution in [0, 0.1) is 0 Å². The van der Waals surface area contributed by atoms with E-state index < -0.39 is 5.25 Å². The molecule has 2 amide bonds. The average molecular weight is 407 g/mol. The fourth-order valence-corrected chi connectivity index (χ4v) is 3.98. The van der Waals surface area contributed by atoms with Crippen molar-refractivity contribution in [2.24, 2.45) is 10.2 Å². The third-order valence-electron chi connectivity index (χ3n) is 3.42. The van der Waals surface area contributed by atoms with E-state index in [1.807, 2.05) is 24.4 Å². The van der Waals surface area contributed by atoms with Crippen molar-refractivity contribution in [2.45, 2.75) is 18.6 Å². The zero-order valence-electron chi connectivity index (χ0n) is 13.7. The summed E-state index contributed by atoms with van der Waals surface area (Å²) in [5, 5.41) is 15.8. The molecule has 0 saturated carbocycles. The number of carbonyl (C=O) groups is 2. The zero-order chi connectivity index (χ0) is 18.5. The van der Waals surface area contributed by atoms with Gasteiger partial charge in [0, 0.05) is 17.1 Å². The van der Waals surface area contributed by atoms with Gasteiger partial charge >= 0.3 is 0 Å². The second-order valence-corrected chi connectivity index (χ2v) is 8.00. The fourth-order valence-electron chi connectivity index (χ4n) is 2.18. The minimum absolute atomic E-state index is 0.0731. The lowest BCUT2D eigenvalue weighted by Gasteiger charge is -2.21. The number of halogens is 1. The van der Waals surface area contributed by atoms with E-state index in [1.54, 1.807) is 35.6 Å². The van der Waals surface area contributed by atoms with Crippen LogP contribution in [0.25, 0.3) is 0 Å². The van der Waals surface area contributed by atoms with E-state index in [-0.39, 0.29) is 18.2 Å². The number of hydrogen-bond donors (Lipinski definition) is 2. The topological polar surface area (TPSA) is 82.9 Å². The van der Waals surface area contributed by atoms with E-state index in [1.165, 1.54) is 11.8 Å². The normalized spacial score (nSPS) is 19.3. The number of benzene rings is 1. The molecule has 26 heavy (non-hydrogen) atoms. The largest absolute Gasteiger partial charge is 0.325 e. The summed E-state index contributed by atoms with van der Waals surface area (Å²) >= 11 is 8.65. The quantitative estimate of drug-likeness (QED) is 0.599. The van der Waals surface area contributed by atoms with Crippen LogP contribution in [-0.2, 0) is 9.59 Å².